The van der Waals surface area contributed by atoms with Crippen LogP contribution in [0, 0.1) is 0 Å². The van der Waals surface area contributed by atoms with E-state index in [4.69, 9.17) is 0 Å². The molecule has 0 amide bonds. The summed E-state index contributed by atoms with van der Waals surface area (Å²) in [5.41, 5.74) is 0.875. The van der Waals surface area contributed by atoms with Gasteiger partial charge in [0.05, 0.1) is 4.47 Å². The quantitative estimate of drug-likeness (QED) is 0.768. The second kappa shape index (κ2) is 3.92. The zero-order chi connectivity index (χ0) is 8.43. The maximum absolute atomic E-state index is 9.47. The van der Waals surface area contributed by atoms with Crippen molar-refractivity contribution in [3.8, 4) is 5.75 Å². The number of halogens is 3. The van der Waals surface area contributed by atoms with Gasteiger partial charge in [-0.2, -0.15) is 0 Å². The van der Waals surface area contributed by atoms with Crippen molar-refractivity contribution in [3.05, 3.63) is 26.6 Å². The minimum Gasteiger partial charge on any atom is -0.506 e. The summed E-state index contributed by atoms with van der Waals surface area (Å²) in [4.78, 5) is 0. The Morgan fingerprint density at radius 1 is 1.27 bits per heavy atom. The van der Waals surface area contributed by atoms with Crippen molar-refractivity contribution in [2.45, 2.75) is 5.33 Å². The molecule has 0 aromatic heterocycles. The molecule has 0 spiro atoms. The summed E-state index contributed by atoms with van der Waals surface area (Å²) in [5.74, 6) is 0.288. The van der Waals surface area contributed by atoms with Gasteiger partial charge in [0.2, 0.25) is 0 Å². The third kappa shape index (κ3) is 1.98. The first-order valence-corrected chi connectivity index (χ1v) is 5.59. The Balaban J connectivity index is 3.25. The van der Waals surface area contributed by atoms with Gasteiger partial charge >= 0.3 is 0 Å². The van der Waals surface area contributed by atoms with Gasteiger partial charge in [-0.25, -0.2) is 0 Å². The standard InChI is InChI=1S/C7H5Br3O/c8-3-4-1-2-5(9)6(10)7(4)11/h1-2,11H,3H2. The molecule has 0 saturated carbocycles. The molecule has 1 rings (SSSR count). The molecule has 11 heavy (non-hydrogen) atoms. The zero-order valence-electron chi connectivity index (χ0n) is 5.44. The highest BCUT2D eigenvalue weighted by atomic mass is 79.9. The molecule has 0 heterocycles. The molecule has 0 aliphatic carbocycles. The minimum atomic E-state index is 0.288. The fourth-order valence-electron chi connectivity index (χ4n) is 0.688. The first-order chi connectivity index (χ1) is 5.16. The van der Waals surface area contributed by atoms with Gasteiger partial charge in [0.1, 0.15) is 5.75 Å². The average Bonchev–Trinajstić information content (AvgIpc) is 2.01. The maximum atomic E-state index is 9.47. The lowest BCUT2D eigenvalue weighted by Crippen LogP contribution is -1.80. The molecule has 0 atom stereocenters. The second-order valence-corrected chi connectivity index (χ2v) is 4.21. The molecule has 1 N–H and O–H groups in total. The van der Waals surface area contributed by atoms with Gasteiger partial charge in [-0.15, -0.1) is 0 Å². The Hall–Kier alpha value is 0.460. The van der Waals surface area contributed by atoms with Crippen molar-refractivity contribution < 1.29 is 5.11 Å². The van der Waals surface area contributed by atoms with Crippen LogP contribution in [-0.2, 0) is 5.33 Å². The van der Waals surface area contributed by atoms with Crippen LogP contribution in [0.1, 0.15) is 5.56 Å². The molecule has 1 nitrogen and oxygen atoms in total. The van der Waals surface area contributed by atoms with Gasteiger partial charge in [-0.1, -0.05) is 22.0 Å². The minimum absolute atomic E-state index is 0.288. The molecule has 60 valence electrons. The highest BCUT2D eigenvalue weighted by molar-refractivity contribution is 9.13. The number of rotatable bonds is 1. The van der Waals surface area contributed by atoms with Crippen molar-refractivity contribution in [3.63, 3.8) is 0 Å². The lowest BCUT2D eigenvalue weighted by Gasteiger charge is -2.03. The third-order valence-corrected chi connectivity index (χ3v) is 3.90. The predicted octanol–water partition coefficient (Wildman–Crippen LogP) is 3.81. The summed E-state index contributed by atoms with van der Waals surface area (Å²) in [6.07, 6.45) is 0. The first-order valence-electron chi connectivity index (χ1n) is 2.88. The van der Waals surface area contributed by atoms with Crippen molar-refractivity contribution in [2.24, 2.45) is 0 Å². The monoisotopic (exact) mass is 342 g/mol. The topological polar surface area (TPSA) is 20.2 Å². The van der Waals surface area contributed by atoms with E-state index in [0.717, 1.165) is 10.0 Å². The highest BCUT2D eigenvalue weighted by Crippen LogP contribution is 2.35. The van der Waals surface area contributed by atoms with Crippen LogP contribution in [0.5, 0.6) is 5.75 Å². The number of phenols is 1. The Morgan fingerprint density at radius 2 is 1.91 bits per heavy atom. The molecule has 1 aromatic rings. The second-order valence-electron chi connectivity index (χ2n) is 2.00. The van der Waals surface area contributed by atoms with Crippen LogP contribution in [0.15, 0.2) is 21.1 Å². The number of hydrogen-bond acceptors (Lipinski definition) is 1. The zero-order valence-corrected chi connectivity index (χ0v) is 10.2. The van der Waals surface area contributed by atoms with E-state index in [0.29, 0.717) is 9.80 Å². The summed E-state index contributed by atoms with van der Waals surface area (Å²) < 4.78 is 1.56. The number of phenolic OH excluding ortho intramolecular Hbond substituents is 1. The fraction of sp³-hybridized carbons (Fsp3) is 0.143. The highest BCUT2D eigenvalue weighted by Gasteiger charge is 2.06. The van der Waals surface area contributed by atoms with Crippen LogP contribution < -0.4 is 0 Å². The van der Waals surface area contributed by atoms with E-state index >= 15 is 0 Å². The van der Waals surface area contributed by atoms with E-state index in [-0.39, 0.29) is 5.75 Å². The summed E-state index contributed by atoms with van der Waals surface area (Å²) in [7, 11) is 0. The Bertz CT molecular complexity index is 273. The number of aromatic hydroxyl groups is 1. The molecule has 0 bridgehead atoms. The van der Waals surface area contributed by atoms with Crippen molar-refractivity contribution in [2.75, 3.05) is 0 Å². The Morgan fingerprint density at radius 3 is 2.45 bits per heavy atom. The molecule has 4 heteroatoms. The average molecular weight is 345 g/mol. The van der Waals surface area contributed by atoms with E-state index in [2.05, 4.69) is 47.8 Å². The molecule has 0 aliphatic rings. The molecular formula is C7H5Br3O. The van der Waals surface area contributed by atoms with E-state index in [1.54, 1.807) is 0 Å². The largest absolute Gasteiger partial charge is 0.506 e. The summed E-state index contributed by atoms with van der Waals surface area (Å²) in [5, 5.41) is 10.1. The van der Waals surface area contributed by atoms with E-state index < -0.39 is 0 Å². The van der Waals surface area contributed by atoms with Crippen LogP contribution in [-0.4, -0.2) is 5.11 Å². The number of hydrogen-bond donors (Lipinski definition) is 1. The SMILES string of the molecule is Oc1c(CBr)ccc(Br)c1Br. The van der Waals surface area contributed by atoms with Crippen LogP contribution in [0.3, 0.4) is 0 Å². The molecule has 0 radical (unpaired) electrons. The van der Waals surface area contributed by atoms with Crippen molar-refractivity contribution in [1.29, 1.82) is 0 Å². The Kier molecular flexibility index (Phi) is 3.40. The maximum Gasteiger partial charge on any atom is 0.134 e. The molecule has 0 fully saturated rings. The predicted molar refractivity (Wildman–Crippen MR) is 56.1 cm³/mol. The van der Waals surface area contributed by atoms with Gasteiger partial charge in [0.15, 0.2) is 0 Å². The molecule has 1 aromatic carbocycles. The third-order valence-electron chi connectivity index (χ3n) is 1.30. The van der Waals surface area contributed by atoms with E-state index in [1.165, 1.54) is 0 Å². The molecule has 0 saturated heterocycles. The lowest BCUT2D eigenvalue weighted by molar-refractivity contribution is 0.467. The van der Waals surface area contributed by atoms with E-state index in [1.807, 2.05) is 12.1 Å². The smallest absolute Gasteiger partial charge is 0.134 e. The molecule has 0 aliphatic heterocycles. The first kappa shape index (κ1) is 9.55. The van der Waals surface area contributed by atoms with Gasteiger partial charge in [-0.05, 0) is 37.9 Å². The van der Waals surface area contributed by atoms with Crippen LogP contribution in [0.25, 0.3) is 0 Å². The van der Waals surface area contributed by atoms with Gasteiger partial charge in [0.25, 0.3) is 0 Å². The molecular weight excluding hydrogens is 340 g/mol. The Labute approximate surface area is 90.2 Å². The van der Waals surface area contributed by atoms with Crippen molar-refractivity contribution in [1.82, 2.24) is 0 Å². The van der Waals surface area contributed by atoms with Gasteiger partial charge in [0, 0.05) is 15.4 Å². The van der Waals surface area contributed by atoms with Gasteiger partial charge < -0.3 is 5.11 Å². The summed E-state index contributed by atoms with van der Waals surface area (Å²) >= 11 is 9.81. The number of benzene rings is 1. The van der Waals surface area contributed by atoms with Crippen LogP contribution in [0.4, 0.5) is 0 Å². The summed E-state index contributed by atoms with van der Waals surface area (Å²) in [6, 6.07) is 3.75. The number of alkyl halides is 1. The van der Waals surface area contributed by atoms with E-state index in [9.17, 15) is 5.11 Å². The fourth-order valence-corrected chi connectivity index (χ4v) is 1.85. The normalized spacial score (nSPS) is 10.1. The molecule has 0 unspecified atom stereocenters. The summed E-state index contributed by atoms with van der Waals surface area (Å²) in [6.45, 7) is 0. The van der Waals surface area contributed by atoms with Gasteiger partial charge in [-0.3, -0.25) is 0 Å². The van der Waals surface area contributed by atoms with Crippen molar-refractivity contribution >= 4 is 47.8 Å². The van der Waals surface area contributed by atoms with Crippen LogP contribution in [0.2, 0.25) is 0 Å². The van der Waals surface area contributed by atoms with Crippen LogP contribution >= 0.6 is 47.8 Å². The lowest BCUT2D eigenvalue weighted by atomic mass is 10.2.